The monoisotopic (exact) mass is 400 g/mol. The number of aromatic nitrogens is 1. The van der Waals surface area contributed by atoms with E-state index in [1.807, 2.05) is 0 Å². The summed E-state index contributed by atoms with van der Waals surface area (Å²) in [5, 5.41) is 2.54. The van der Waals surface area contributed by atoms with E-state index in [9.17, 15) is 27.2 Å². The Labute approximate surface area is 159 Å². The molecule has 1 heterocycles. The standard InChI is InChI=1S/C19H21F4N3O2/c1-12-7-16(13(2)26(12)11-19(21,22)23)17(27)9-25(3)10-18(28)24-15-6-4-5-14(20)8-15/h4-8H,9-11H2,1-3H3,(H,24,28)/p+1. The Morgan fingerprint density at radius 2 is 1.82 bits per heavy atom. The number of aryl methyl sites for hydroxylation is 1. The van der Waals surface area contributed by atoms with Gasteiger partial charge in [-0.2, -0.15) is 13.2 Å². The summed E-state index contributed by atoms with van der Waals surface area (Å²) in [6, 6.07) is 6.86. The summed E-state index contributed by atoms with van der Waals surface area (Å²) in [5.74, 6) is -1.24. The van der Waals surface area contributed by atoms with Crippen molar-refractivity contribution in [2.75, 3.05) is 25.5 Å². The Balaban J connectivity index is 1.98. The van der Waals surface area contributed by atoms with Crippen LogP contribution < -0.4 is 10.2 Å². The third-order valence-corrected chi connectivity index (χ3v) is 4.24. The zero-order valence-electron chi connectivity index (χ0n) is 15.8. The Morgan fingerprint density at radius 3 is 2.43 bits per heavy atom. The van der Waals surface area contributed by atoms with E-state index in [4.69, 9.17) is 0 Å². The quantitative estimate of drug-likeness (QED) is 0.553. The van der Waals surface area contributed by atoms with Crippen LogP contribution in [0.3, 0.4) is 0 Å². The summed E-state index contributed by atoms with van der Waals surface area (Å²) < 4.78 is 52.3. The molecule has 1 unspecified atom stereocenters. The normalized spacial score (nSPS) is 12.7. The first-order valence-corrected chi connectivity index (χ1v) is 8.59. The maximum atomic E-state index is 13.1. The molecule has 152 valence electrons. The molecule has 0 spiro atoms. The van der Waals surface area contributed by atoms with Gasteiger partial charge in [-0.15, -0.1) is 0 Å². The van der Waals surface area contributed by atoms with Gasteiger partial charge in [0.2, 0.25) is 5.78 Å². The number of benzene rings is 1. The van der Waals surface area contributed by atoms with Gasteiger partial charge >= 0.3 is 6.18 Å². The molecular formula is C19H22F4N3O2+. The predicted octanol–water partition coefficient (Wildman–Crippen LogP) is 2.14. The fourth-order valence-electron chi connectivity index (χ4n) is 2.98. The smallest absolute Gasteiger partial charge is 0.339 e. The highest BCUT2D eigenvalue weighted by Gasteiger charge is 2.30. The van der Waals surface area contributed by atoms with E-state index in [0.717, 1.165) is 4.57 Å². The lowest BCUT2D eigenvalue weighted by atomic mass is 10.1. The number of rotatable bonds is 7. The van der Waals surface area contributed by atoms with Crippen molar-refractivity contribution in [1.82, 2.24) is 4.57 Å². The van der Waals surface area contributed by atoms with Gasteiger partial charge in [0, 0.05) is 22.6 Å². The molecule has 9 heteroatoms. The highest BCUT2D eigenvalue weighted by molar-refractivity contribution is 5.98. The first-order chi connectivity index (χ1) is 13.0. The number of halogens is 4. The number of carbonyl (C=O) groups is 2. The number of alkyl halides is 3. The van der Waals surface area contributed by atoms with Crippen LogP contribution in [0.4, 0.5) is 23.2 Å². The lowest BCUT2D eigenvalue weighted by Crippen LogP contribution is -3.11. The van der Waals surface area contributed by atoms with Crippen molar-refractivity contribution in [3.8, 4) is 0 Å². The Hall–Kier alpha value is -2.68. The van der Waals surface area contributed by atoms with Crippen LogP contribution >= 0.6 is 0 Å². The molecule has 1 amide bonds. The molecular weight excluding hydrogens is 378 g/mol. The second-order valence-corrected chi connectivity index (χ2v) is 6.78. The number of amides is 1. The van der Waals surface area contributed by atoms with Crippen molar-refractivity contribution in [2.45, 2.75) is 26.6 Å². The van der Waals surface area contributed by atoms with Crippen LogP contribution in [0.15, 0.2) is 30.3 Å². The van der Waals surface area contributed by atoms with E-state index in [1.165, 1.54) is 44.2 Å². The fraction of sp³-hybridized carbons (Fsp3) is 0.368. The fourth-order valence-corrected chi connectivity index (χ4v) is 2.98. The third-order valence-electron chi connectivity index (χ3n) is 4.24. The molecule has 2 N–H and O–H groups in total. The predicted molar refractivity (Wildman–Crippen MR) is 95.9 cm³/mol. The van der Waals surface area contributed by atoms with E-state index in [0.29, 0.717) is 16.3 Å². The van der Waals surface area contributed by atoms with Crippen LogP contribution in [-0.2, 0) is 11.3 Å². The van der Waals surface area contributed by atoms with Crippen LogP contribution in [0.1, 0.15) is 21.7 Å². The molecule has 28 heavy (non-hydrogen) atoms. The topological polar surface area (TPSA) is 55.5 Å². The number of hydrogen-bond acceptors (Lipinski definition) is 2. The molecule has 0 aliphatic carbocycles. The molecule has 0 radical (unpaired) electrons. The lowest BCUT2D eigenvalue weighted by molar-refractivity contribution is -0.861. The Bertz CT molecular complexity index is 875. The SMILES string of the molecule is Cc1cc(C(=O)C[NH+](C)CC(=O)Nc2cccc(F)c2)c(C)n1CC(F)(F)F. The number of nitrogens with zero attached hydrogens (tertiary/aromatic N) is 1. The van der Waals surface area contributed by atoms with Crippen LogP contribution in [0.25, 0.3) is 0 Å². The van der Waals surface area contributed by atoms with Crippen molar-refractivity contribution in [3.05, 3.63) is 53.1 Å². The molecule has 5 nitrogen and oxygen atoms in total. The summed E-state index contributed by atoms with van der Waals surface area (Å²) in [5.41, 5.74) is 1.11. The van der Waals surface area contributed by atoms with Crippen molar-refractivity contribution in [1.29, 1.82) is 0 Å². The number of quaternary nitrogens is 1. The molecule has 2 rings (SSSR count). The van der Waals surface area contributed by atoms with E-state index in [2.05, 4.69) is 5.32 Å². The van der Waals surface area contributed by atoms with Gasteiger partial charge in [0.25, 0.3) is 5.91 Å². The minimum atomic E-state index is -4.38. The minimum absolute atomic E-state index is 0.0520. The second kappa shape index (κ2) is 8.55. The Kier molecular flexibility index (Phi) is 6.60. The number of anilines is 1. The van der Waals surface area contributed by atoms with Gasteiger partial charge in [0.1, 0.15) is 18.9 Å². The second-order valence-electron chi connectivity index (χ2n) is 6.78. The lowest BCUT2D eigenvalue weighted by Gasteiger charge is -2.14. The third kappa shape index (κ3) is 5.91. The molecule has 1 aromatic heterocycles. The molecule has 2 aromatic rings. The number of likely N-dealkylation sites (N-methyl/N-ethyl adjacent to an activating group) is 1. The van der Waals surface area contributed by atoms with E-state index in [-0.39, 0.29) is 30.1 Å². The van der Waals surface area contributed by atoms with Crippen LogP contribution in [-0.4, -0.2) is 42.6 Å². The summed E-state index contributed by atoms with van der Waals surface area (Å²) in [6.45, 7) is 1.71. The number of nitrogens with one attached hydrogen (secondary N) is 2. The molecule has 1 aromatic carbocycles. The molecule has 1 atom stereocenters. The average molecular weight is 400 g/mol. The highest BCUT2D eigenvalue weighted by atomic mass is 19.4. The molecule has 0 saturated carbocycles. The van der Waals surface area contributed by atoms with E-state index in [1.54, 1.807) is 7.05 Å². The largest absolute Gasteiger partial charge is 0.406 e. The summed E-state index contributed by atoms with van der Waals surface area (Å²) in [4.78, 5) is 25.1. The van der Waals surface area contributed by atoms with Gasteiger partial charge < -0.3 is 14.8 Å². The van der Waals surface area contributed by atoms with Crippen LogP contribution in [0, 0.1) is 19.7 Å². The molecule has 0 bridgehead atoms. The van der Waals surface area contributed by atoms with Crippen molar-refractivity contribution in [2.24, 2.45) is 0 Å². The number of ketones is 1. The van der Waals surface area contributed by atoms with E-state index >= 15 is 0 Å². The van der Waals surface area contributed by atoms with Gasteiger partial charge in [0.05, 0.1) is 7.05 Å². The number of hydrogen-bond donors (Lipinski definition) is 2. The first kappa shape index (κ1) is 21.6. The number of Topliss-reactive ketones (excluding diaryl/α,β-unsaturated/α-hetero) is 1. The van der Waals surface area contributed by atoms with Crippen LogP contribution in [0.5, 0.6) is 0 Å². The summed E-state index contributed by atoms with van der Waals surface area (Å²) in [6.07, 6.45) is -4.38. The van der Waals surface area contributed by atoms with Crippen LogP contribution in [0.2, 0.25) is 0 Å². The summed E-state index contributed by atoms with van der Waals surface area (Å²) in [7, 11) is 1.62. The molecule has 0 saturated heterocycles. The first-order valence-electron chi connectivity index (χ1n) is 8.59. The van der Waals surface area contributed by atoms with Crippen molar-refractivity contribution < 1.29 is 32.1 Å². The van der Waals surface area contributed by atoms with Crippen molar-refractivity contribution in [3.63, 3.8) is 0 Å². The van der Waals surface area contributed by atoms with Gasteiger partial charge in [-0.1, -0.05) is 6.07 Å². The molecule has 0 aliphatic heterocycles. The van der Waals surface area contributed by atoms with Gasteiger partial charge in [-0.25, -0.2) is 4.39 Å². The van der Waals surface area contributed by atoms with Gasteiger partial charge in [-0.3, -0.25) is 9.59 Å². The average Bonchev–Trinajstić information content (AvgIpc) is 2.81. The zero-order valence-corrected chi connectivity index (χ0v) is 15.8. The molecule has 0 aliphatic rings. The zero-order chi connectivity index (χ0) is 21.1. The van der Waals surface area contributed by atoms with Gasteiger partial charge in [0.15, 0.2) is 6.54 Å². The maximum Gasteiger partial charge on any atom is 0.406 e. The maximum absolute atomic E-state index is 13.1. The minimum Gasteiger partial charge on any atom is -0.339 e. The van der Waals surface area contributed by atoms with E-state index < -0.39 is 24.4 Å². The highest BCUT2D eigenvalue weighted by Crippen LogP contribution is 2.23. The molecule has 0 fully saturated rings. The Morgan fingerprint density at radius 1 is 1.14 bits per heavy atom. The van der Waals surface area contributed by atoms with Crippen molar-refractivity contribution >= 4 is 17.4 Å². The van der Waals surface area contributed by atoms with Gasteiger partial charge in [-0.05, 0) is 38.1 Å². The summed E-state index contributed by atoms with van der Waals surface area (Å²) >= 11 is 0. The number of carbonyl (C=O) groups excluding carboxylic acids is 2.